The highest BCUT2D eigenvalue weighted by atomic mass is 35.5. The van der Waals surface area contributed by atoms with Gasteiger partial charge in [0.1, 0.15) is 11.9 Å². The van der Waals surface area contributed by atoms with E-state index in [1.807, 2.05) is 0 Å². The van der Waals surface area contributed by atoms with Crippen LogP contribution in [0.2, 0.25) is 0 Å². The first kappa shape index (κ1) is 23.3. The Morgan fingerprint density at radius 1 is 1.40 bits per heavy atom. The van der Waals surface area contributed by atoms with E-state index in [4.69, 9.17) is 10.5 Å². The average Bonchev–Trinajstić information content (AvgIpc) is 2.93. The number of benzene rings is 1. The number of likely N-dealkylation sites (N-methyl/N-ethyl adjacent to an activating group) is 1. The molecule has 0 radical (unpaired) electrons. The van der Waals surface area contributed by atoms with Crippen LogP contribution in [0.25, 0.3) is 0 Å². The molecule has 1 amide bonds. The normalized spacial score (nSPS) is 12.5. The van der Waals surface area contributed by atoms with Crippen LogP contribution < -0.4 is 5.73 Å². The number of aromatic nitrogens is 2. The van der Waals surface area contributed by atoms with Gasteiger partial charge in [0.2, 0.25) is 5.91 Å². The van der Waals surface area contributed by atoms with Crippen molar-refractivity contribution in [2.45, 2.75) is 12.1 Å². The SMILES string of the molecule is COCC(N)C(=O)N(C)C(c1cccc(F)c1)c1cnn(C)c1.Cl.Cl. The maximum atomic E-state index is 13.6. The van der Waals surface area contributed by atoms with Crippen LogP contribution in [0.5, 0.6) is 0 Å². The van der Waals surface area contributed by atoms with Crippen LogP contribution in [0.1, 0.15) is 17.2 Å². The molecule has 9 heteroatoms. The molecule has 25 heavy (non-hydrogen) atoms. The van der Waals surface area contributed by atoms with Gasteiger partial charge in [0.15, 0.2) is 0 Å². The van der Waals surface area contributed by atoms with Gasteiger partial charge in [0.05, 0.1) is 18.8 Å². The van der Waals surface area contributed by atoms with Crippen LogP contribution in [0, 0.1) is 5.82 Å². The highest BCUT2D eigenvalue weighted by Gasteiger charge is 2.28. The van der Waals surface area contributed by atoms with E-state index in [2.05, 4.69) is 5.10 Å². The third kappa shape index (κ3) is 5.67. The van der Waals surface area contributed by atoms with Gasteiger partial charge in [-0.05, 0) is 17.7 Å². The van der Waals surface area contributed by atoms with Crippen LogP contribution in [0.4, 0.5) is 4.39 Å². The van der Waals surface area contributed by atoms with E-state index >= 15 is 0 Å². The molecular formula is C16H23Cl2FN4O2. The van der Waals surface area contributed by atoms with Crippen molar-refractivity contribution in [1.82, 2.24) is 14.7 Å². The molecule has 140 valence electrons. The number of amides is 1. The third-order valence-electron chi connectivity index (χ3n) is 3.60. The van der Waals surface area contributed by atoms with E-state index in [1.165, 1.54) is 24.1 Å². The Hall–Kier alpha value is -1.67. The van der Waals surface area contributed by atoms with Gasteiger partial charge in [0, 0.05) is 33.0 Å². The van der Waals surface area contributed by atoms with Crippen molar-refractivity contribution in [2.75, 3.05) is 20.8 Å². The Morgan fingerprint density at radius 3 is 2.60 bits per heavy atom. The maximum absolute atomic E-state index is 13.6. The fraction of sp³-hybridized carbons (Fsp3) is 0.375. The fourth-order valence-electron chi connectivity index (χ4n) is 2.54. The number of carbonyl (C=O) groups is 1. The summed E-state index contributed by atoms with van der Waals surface area (Å²) in [6.45, 7) is 0.117. The molecule has 2 atom stereocenters. The summed E-state index contributed by atoms with van der Waals surface area (Å²) in [7, 11) is 4.91. The number of ether oxygens (including phenoxy) is 1. The largest absolute Gasteiger partial charge is 0.383 e. The molecule has 6 nitrogen and oxygen atoms in total. The Labute approximate surface area is 158 Å². The van der Waals surface area contributed by atoms with E-state index in [1.54, 1.807) is 43.3 Å². The second-order valence-electron chi connectivity index (χ2n) is 5.42. The highest BCUT2D eigenvalue weighted by Crippen LogP contribution is 2.28. The molecule has 0 fully saturated rings. The zero-order valence-electron chi connectivity index (χ0n) is 14.3. The third-order valence-corrected chi connectivity index (χ3v) is 3.60. The fourth-order valence-corrected chi connectivity index (χ4v) is 2.54. The summed E-state index contributed by atoms with van der Waals surface area (Å²) < 4.78 is 20.2. The summed E-state index contributed by atoms with van der Waals surface area (Å²) in [4.78, 5) is 14.0. The molecule has 2 N–H and O–H groups in total. The van der Waals surface area contributed by atoms with Gasteiger partial charge in [-0.2, -0.15) is 5.10 Å². The van der Waals surface area contributed by atoms with Gasteiger partial charge in [0.25, 0.3) is 0 Å². The van der Waals surface area contributed by atoms with Gasteiger partial charge in [-0.25, -0.2) is 4.39 Å². The Morgan fingerprint density at radius 2 is 2.08 bits per heavy atom. The minimum atomic E-state index is -0.780. The van der Waals surface area contributed by atoms with Gasteiger partial charge in [-0.3, -0.25) is 9.48 Å². The van der Waals surface area contributed by atoms with Crippen molar-refractivity contribution >= 4 is 30.7 Å². The number of aryl methyl sites for hydroxylation is 1. The molecule has 1 aromatic heterocycles. The summed E-state index contributed by atoms with van der Waals surface area (Å²) >= 11 is 0. The number of hydrogen-bond acceptors (Lipinski definition) is 4. The van der Waals surface area contributed by atoms with Crippen LogP contribution in [-0.4, -0.2) is 47.4 Å². The Kier molecular flexibility index (Phi) is 9.66. The Balaban J connectivity index is 0.00000288. The molecule has 0 saturated carbocycles. The lowest BCUT2D eigenvalue weighted by Crippen LogP contribution is -2.46. The zero-order valence-corrected chi connectivity index (χ0v) is 15.9. The van der Waals surface area contributed by atoms with Crippen molar-refractivity contribution in [2.24, 2.45) is 12.8 Å². The molecule has 2 aromatic rings. The number of methoxy groups -OCH3 is 1. The van der Waals surface area contributed by atoms with Crippen molar-refractivity contribution in [3.63, 3.8) is 0 Å². The standard InChI is InChI=1S/C16H21FN4O2.2ClH/c1-20-9-12(8-19-20)15(11-5-4-6-13(17)7-11)21(2)16(22)14(18)10-23-3;;/h4-9,14-15H,10,18H2,1-3H3;2*1H. The minimum Gasteiger partial charge on any atom is -0.383 e. The smallest absolute Gasteiger partial charge is 0.242 e. The predicted octanol–water partition coefficient (Wildman–Crippen LogP) is 1.92. The van der Waals surface area contributed by atoms with Crippen LogP contribution in [0.15, 0.2) is 36.7 Å². The first-order valence-corrected chi connectivity index (χ1v) is 7.19. The van der Waals surface area contributed by atoms with E-state index in [-0.39, 0.29) is 43.1 Å². The average molecular weight is 393 g/mol. The van der Waals surface area contributed by atoms with Crippen molar-refractivity contribution in [3.05, 3.63) is 53.6 Å². The van der Waals surface area contributed by atoms with E-state index in [0.29, 0.717) is 5.56 Å². The number of hydrogen-bond donors (Lipinski definition) is 1. The zero-order chi connectivity index (χ0) is 17.0. The second-order valence-corrected chi connectivity index (χ2v) is 5.42. The predicted molar refractivity (Wildman–Crippen MR) is 98.6 cm³/mol. The first-order valence-electron chi connectivity index (χ1n) is 7.19. The van der Waals surface area contributed by atoms with E-state index in [0.717, 1.165) is 5.56 Å². The van der Waals surface area contributed by atoms with Crippen LogP contribution >= 0.6 is 24.8 Å². The van der Waals surface area contributed by atoms with Crippen molar-refractivity contribution < 1.29 is 13.9 Å². The van der Waals surface area contributed by atoms with E-state index < -0.39 is 12.1 Å². The molecule has 1 aromatic carbocycles. The molecule has 0 bridgehead atoms. The molecule has 2 rings (SSSR count). The van der Waals surface area contributed by atoms with Crippen molar-refractivity contribution in [3.8, 4) is 0 Å². The number of rotatable bonds is 6. The van der Waals surface area contributed by atoms with Crippen LogP contribution in [0.3, 0.4) is 0 Å². The second kappa shape index (κ2) is 10.4. The minimum absolute atomic E-state index is 0. The van der Waals surface area contributed by atoms with E-state index in [9.17, 15) is 9.18 Å². The quantitative estimate of drug-likeness (QED) is 0.814. The lowest BCUT2D eigenvalue weighted by Gasteiger charge is -2.30. The summed E-state index contributed by atoms with van der Waals surface area (Å²) in [5, 5.41) is 4.14. The lowest BCUT2D eigenvalue weighted by molar-refractivity contribution is -0.134. The van der Waals surface area contributed by atoms with Gasteiger partial charge in [-0.1, -0.05) is 12.1 Å². The molecule has 1 heterocycles. The van der Waals surface area contributed by atoms with Gasteiger partial charge in [-0.15, -0.1) is 24.8 Å². The van der Waals surface area contributed by atoms with Gasteiger partial charge < -0.3 is 15.4 Å². The number of nitrogens with zero attached hydrogens (tertiary/aromatic N) is 3. The summed E-state index contributed by atoms with van der Waals surface area (Å²) in [6.07, 6.45) is 3.45. The molecule has 0 spiro atoms. The lowest BCUT2D eigenvalue weighted by atomic mass is 9.99. The number of carbonyl (C=O) groups excluding carboxylic acids is 1. The number of nitrogens with two attached hydrogens (primary N) is 1. The summed E-state index contributed by atoms with van der Waals surface area (Å²) in [6, 6.07) is 4.90. The molecular weight excluding hydrogens is 370 g/mol. The van der Waals surface area contributed by atoms with Crippen LogP contribution in [-0.2, 0) is 16.6 Å². The molecule has 0 saturated heterocycles. The molecule has 0 aliphatic heterocycles. The Bertz CT molecular complexity index is 684. The monoisotopic (exact) mass is 392 g/mol. The van der Waals surface area contributed by atoms with Gasteiger partial charge >= 0.3 is 0 Å². The maximum Gasteiger partial charge on any atom is 0.242 e. The molecule has 2 unspecified atom stereocenters. The highest BCUT2D eigenvalue weighted by molar-refractivity contribution is 5.85. The number of halogens is 3. The summed E-state index contributed by atoms with van der Waals surface area (Å²) in [5.41, 5.74) is 7.27. The topological polar surface area (TPSA) is 73.4 Å². The summed E-state index contributed by atoms with van der Waals surface area (Å²) in [5.74, 6) is -0.650. The van der Waals surface area contributed by atoms with Crippen molar-refractivity contribution in [1.29, 1.82) is 0 Å². The molecule has 0 aliphatic rings. The molecule has 0 aliphatic carbocycles. The first-order chi connectivity index (χ1) is 10.9.